The van der Waals surface area contributed by atoms with Gasteiger partial charge in [0.1, 0.15) is 11.3 Å². The Labute approximate surface area is 158 Å². The van der Waals surface area contributed by atoms with Gasteiger partial charge in [0, 0.05) is 42.7 Å². The zero-order valence-corrected chi connectivity index (χ0v) is 15.7. The van der Waals surface area contributed by atoms with E-state index in [0.717, 1.165) is 41.0 Å². The first kappa shape index (κ1) is 18.5. The molecular formula is C19H23ClN4O2. The molecule has 0 aliphatic carbocycles. The minimum Gasteiger partial charge on any atom is -0.459 e. The predicted molar refractivity (Wildman–Crippen MR) is 103 cm³/mol. The van der Waals surface area contributed by atoms with Crippen LogP contribution in [0.3, 0.4) is 0 Å². The number of furan rings is 1. The minimum absolute atomic E-state index is 0. The molecule has 2 N–H and O–H groups in total. The number of carbonyl (C=O) groups excluding carboxylic acids is 1. The highest BCUT2D eigenvalue weighted by Crippen LogP contribution is 2.29. The number of amides is 1. The number of aromatic nitrogens is 2. The largest absolute Gasteiger partial charge is 0.459 e. The van der Waals surface area contributed by atoms with Gasteiger partial charge in [-0.3, -0.25) is 9.89 Å². The lowest BCUT2D eigenvalue weighted by molar-refractivity contribution is 0.0677. The second kappa shape index (κ2) is 7.51. The zero-order valence-electron chi connectivity index (χ0n) is 14.9. The van der Waals surface area contributed by atoms with Gasteiger partial charge in [-0.05, 0) is 26.0 Å². The van der Waals surface area contributed by atoms with Crippen LogP contribution >= 0.6 is 12.4 Å². The average molecular weight is 375 g/mol. The second-order valence-electron chi connectivity index (χ2n) is 6.41. The Balaban J connectivity index is 0.00000196. The molecule has 1 amide bonds. The summed E-state index contributed by atoms with van der Waals surface area (Å²) in [5, 5.41) is 11.7. The number of carbonyl (C=O) groups is 1. The van der Waals surface area contributed by atoms with Crippen molar-refractivity contribution in [1.29, 1.82) is 0 Å². The second-order valence-corrected chi connectivity index (χ2v) is 6.41. The Bertz CT molecular complexity index is 884. The van der Waals surface area contributed by atoms with Crippen LogP contribution in [0.1, 0.15) is 47.4 Å². The number of para-hydroxylation sites is 1. The van der Waals surface area contributed by atoms with Crippen LogP contribution in [-0.2, 0) is 13.0 Å². The molecular weight excluding hydrogens is 352 g/mol. The summed E-state index contributed by atoms with van der Waals surface area (Å²) in [7, 11) is 0. The number of hydrogen-bond acceptors (Lipinski definition) is 4. The van der Waals surface area contributed by atoms with Crippen molar-refractivity contribution >= 4 is 29.3 Å². The molecule has 0 bridgehead atoms. The maximum absolute atomic E-state index is 13.1. The normalized spacial score (nSPS) is 14.5. The highest BCUT2D eigenvalue weighted by Gasteiger charge is 2.29. The molecule has 0 spiro atoms. The van der Waals surface area contributed by atoms with Crippen LogP contribution < -0.4 is 5.32 Å². The monoisotopic (exact) mass is 374 g/mol. The summed E-state index contributed by atoms with van der Waals surface area (Å²) in [6, 6.07) is 9.75. The van der Waals surface area contributed by atoms with Crippen LogP contribution in [0.25, 0.3) is 11.0 Å². The van der Waals surface area contributed by atoms with Crippen molar-refractivity contribution in [3.8, 4) is 0 Å². The molecule has 6 nitrogen and oxygen atoms in total. The van der Waals surface area contributed by atoms with Gasteiger partial charge in [-0.1, -0.05) is 18.2 Å². The molecule has 1 aromatic carbocycles. The maximum Gasteiger partial charge on any atom is 0.275 e. The van der Waals surface area contributed by atoms with Crippen molar-refractivity contribution in [3.63, 3.8) is 0 Å². The van der Waals surface area contributed by atoms with Gasteiger partial charge in [-0.15, -0.1) is 12.4 Å². The SMILES string of the molecule is CCN(C(=O)c1n[nH]c2c1CNCC2)C(C)c1cc2ccccc2o1.Cl. The molecule has 1 aliphatic rings. The summed E-state index contributed by atoms with van der Waals surface area (Å²) in [5.41, 5.74) is 3.42. The number of benzene rings is 1. The highest BCUT2D eigenvalue weighted by atomic mass is 35.5. The first-order valence-corrected chi connectivity index (χ1v) is 8.75. The lowest BCUT2D eigenvalue weighted by Crippen LogP contribution is -2.35. The molecule has 1 unspecified atom stereocenters. The highest BCUT2D eigenvalue weighted by molar-refractivity contribution is 5.94. The fraction of sp³-hybridized carbons (Fsp3) is 0.368. The van der Waals surface area contributed by atoms with Crippen molar-refractivity contribution in [2.45, 2.75) is 32.9 Å². The van der Waals surface area contributed by atoms with E-state index in [-0.39, 0.29) is 24.4 Å². The molecule has 3 aromatic rings. The summed E-state index contributed by atoms with van der Waals surface area (Å²) >= 11 is 0. The number of aromatic amines is 1. The third-order valence-corrected chi connectivity index (χ3v) is 4.93. The number of hydrogen-bond donors (Lipinski definition) is 2. The zero-order chi connectivity index (χ0) is 17.4. The van der Waals surface area contributed by atoms with Gasteiger partial charge in [0.2, 0.25) is 0 Å². The molecule has 7 heteroatoms. The van der Waals surface area contributed by atoms with Crippen molar-refractivity contribution in [2.24, 2.45) is 0 Å². The number of halogens is 1. The quantitative estimate of drug-likeness (QED) is 0.733. The number of nitrogens with one attached hydrogen (secondary N) is 2. The lowest BCUT2D eigenvalue weighted by atomic mass is 10.1. The molecule has 1 atom stereocenters. The summed E-state index contributed by atoms with van der Waals surface area (Å²) in [6.07, 6.45) is 0.876. The Kier molecular flexibility index (Phi) is 5.34. The van der Waals surface area contributed by atoms with Gasteiger partial charge in [-0.25, -0.2) is 0 Å². The molecule has 26 heavy (non-hydrogen) atoms. The van der Waals surface area contributed by atoms with Crippen molar-refractivity contribution in [2.75, 3.05) is 13.1 Å². The summed E-state index contributed by atoms with van der Waals surface area (Å²) in [6.45, 7) is 6.16. The Hall–Kier alpha value is -2.31. The summed E-state index contributed by atoms with van der Waals surface area (Å²) < 4.78 is 5.96. The van der Waals surface area contributed by atoms with Gasteiger partial charge in [-0.2, -0.15) is 5.10 Å². The maximum atomic E-state index is 13.1. The van der Waals surface area contributed by atoms with Crippen molar-refractivity contribution in [1.82, 2.24) is 20.4 Å². The van der Waals surface area contributed by atoms with E-state index in [1.807, 2.05) is 49.1 Å². The van der Waals surface area contributed by atoms with E-state index in [9.17, 15) is 4.79 Å². The number of nitrogens with zero attached hydrogens (tertiary/aromatic N) is 2. The van der Waals surface area contributed by atoms with Crippen LogP contribution in [0, 0.1) is 0 Å². The smallest absolute Gasteiger partial charge is 0.275 e. The third-order valence-electron chi connectivity index (χ3n) is 4.93. The van der Waals surface area contributed by atoms with Crippen molar-refractivity contribution in [3.05, 3.63) is 53.0 Å². The standard InChI is InChI=1S/C19H22N4O2.ClH/c1-3-23(12(2)17-10-13-6-4-5-7-16(13)25-17)19(24)18-14-11-20-9-8-15(14)21-22-18;/h4-7,10,12,20H,3,8-9,11H2,1-2H3,(H,21,22);1H. The van der Waals surface area contributed by atoms with Crippen LogP contribution in [0.5, 0.6) is 0 Å². The van der Waals surface area contributed by atoms with Crippen LogP contribution in [-0.4, -0.2) is 34.1 Å². The topological polar surface area (TPSA) is 74.2 Å². The molecule has 0 fully saturated rings. The van der Waals surface area contributed by atoms with E-state index in [2.05, 4.69) is 15.5 Å². The lowest BCUT2D eigenvalue weighted by Gasteiger charge is -2.26. The van der Waals surface area contributed by atoms with Gasteiger partial charge in [0.15, 0.2) is 5.69 Å². The Morgan fingerprint density at radius 1 is 1.38 bits per heavy atom. The number of rotatable bonds is 4. The summed E-state index contributed by atoms with van der Waals surface area (Å²) in [4.78, 5) is 14.9. The molecule has 4 rings (SSSR count). The summed E-state index contributed by atoms with van der Waals surface area (Å²) in [5.74, 6) is 0.732. The first-order chi connectivity index (χ1) is 12.2. The molecule has 138 valence electrons. The predicted octanol–water partition coefficient (Wildman–Crippen LogP) is 3.45. The average Bonchev–Trinajstić information content (AvgIpc) is 3.26. The third kappa shape index (κ3) is 3.10. The van der Waals surface area contributed by atoms with Crippen LogP contribution in [0.2, 0.25) is 0 Å². The van der Waals surface area contributed by atoms with E-state index in [1.165, 1.54) is 0 Å². The van der Waals surface area contributed by atoms with E-state index >= 15 is 0 Å². The van der Waals surface area contributed by atoms with Gasteiger partial charge in [0.25, 0.3) is 5.91 Å². The molecule has 0 radical (unpaired) electrons. The van der Waals surface area contributed by atoms with E-state index < -0.39 is 0 Å². The Morgan fingerprint density at radius 2 is 2.19 bits per heavy atom. The fourth-order valence-electron chi connectivity index (χ4n) is 3.49. The van der Waals surface area contributed by atoms with Gasteiger partial charge in [0.05, 0.1) is 6.04 Å². The van der Waals surface area contributed by atoms with E-state index in [4.69, 9.17) is 4.42 Å². The molecule has 0 saturated carbocycles. The molecule has 3 heterocycles. The molecule has 2 aromatic heterocycles. The minimum atomic E-state index is -0.159. The van der Waals surface area contributed by atoms with E-state index in [1.54, 1.807) is 0 Å². The van der Waals surface area contributed by atoms with E-state index in [0.29, 0.717) is 18.8 Å². The van der Waals surface area contributed by atoms with Crippen LogP contribution in [0.15, 0.2) is 34.7 Å². The molecule has 1 aliphatic heterocycles. The van der Waals surface area contributed by atoms with Crippen molar-refractivity contribution < 1.29 is 9.21 Å². The number of H-pyrrole nitrogens is 1. The molecule has 0 saturated heterocycles. The Morgan fingerprint density at radius 3 is 2.96 bits per heavy atom. The number of fused-ring (bicyclic) bond motifs is 2. The van der Waals surface area contributed by atoms with Gasteiger partial charge < -0.3 is 14.6 Å². The fourth-order valence-corrected chi connectivity index (χ4v) is 3.49. The van der Waals surface area contributed by atoms with Gasteiger partial charge >= 0.3 is 0 Å². The van der Waals surface area contributed by atoms with Crippen LogP contribution in [0.4, 0.5) is 0 Å². The first-order valence-electron chi connectivity index (χ1n) is 8.75.